The maximum Gasteiger partial charge on any atom is 0.182 e. The lowest BCUT2D eigenvalue weighted by Gasteiger charge is -2.25. The summed E-state index contributed by atoms with van der Waals surface area (Å²) in [5.41, 5.74) is 1.75. The van der Waals surface area contributed by atoms with Crippen LogP contribution in [0.2, 0.25) is 0 Å². The fraction of sp³-hybridized carbons (Fsp3) is 0.333. The van der Waals surface area contributed by atoms with Crippen molar-refractivity contribution in [3.8, 4) is 5.75 Å². The van der Waals surface area contributed by atoms with E-state index in [1.165, 1.54) is 11.3 Å². The summed E-state index contributed by atoms with van der Waals surface area (Å²) in [6.07, 6.45) is 1.41. The van der Waals surface area contributed by atoms with Gasteiger partial charge in [0.2, 0.25) is 0 Å². The molecular formula is C15H15NO2S. The fourth-order valence-corrected chi connectivity index (χ4v) is 3.07. The SMILES string of the molecule is Cc1nc(C(=O)CC2CCOc3ccccc32)cs1. The number of hydrogen-bond donors (Lipinski definition) is 0. The molecule has 4 heteroatoms. The van der Waals surface area contributed by atoms with E-state index in [1.807, 2.05) is 30.5 Å². The largest absolute Gasteiger partial charge is 0.493 e. The highest BCUT2D eigenvalue weighted by Gasteiger charge is 2.24. The van der Waals surface area contributed by atoms with Crippen LogP contribution < -0.4 is 4.74 Å². The molecule has 1 aliphatic heterocycles. The number of fused-ring (bicyclic) bond motifs is 1. The first-order valence-corrected chi connectivity index (χ1v) is 7.29. The second-order valence-electron chi connectivity index (χ2n) is 4.75. The summed E-state index contributed by atoms with van der Waals surface area (Å²) >= 11 is 1.52. The van der Waals surface area contributed by atoms with Crippen molar-refractivity contribution in [2.45, 2.75) is 25.7 Å². The van der Waals surface area contributed by atoms with Crippen LogP contribution in [0.5, 0.6) is 5.75 Å². The topological polar surface area (TPSA) is 39.2 Å². The van der Waals surface area contributed by atoms with Crippen LogP contribution >= 0.6 is 11.3 Å². The third kappa shape index (κ3) is 2.54. The Labute approximate surface area is 116 Å². The number of thiazole rings is 1. The maximum absolute atomic E-state index is 12.2. The van der Waals surface area contributed by atoms with Gasteiger partial charge < -0.3 is 4.74 Å². The van der Waals surface area contributed by atoms with Crippen LogP contribution in [0.4, 0.5) is 0 Å². The number of ketones is 1. The first kappa shape index (κ1) is 12.4. The first-order chi connectivity index (χ1) is 9.24. The molecule has 1 atom stereocenters. The standard InChI is InChI=1S/C15H15NO2S/c1-10-16-13(9-19-10)14(17)8-11-6-7-18-15-5-3-2-4-12(11)15/h2-5,9,11H,6-8H2,1H3. The van der Waals surface area contributed by atoms with Gasteiger partial charge in [-0.15, -0.1) is 11.3 Å². The average molecular weight is 273 g/mol. The molecule has 0 saturated carbocycles. The minimum absolute atomic E-state index is 0.131. The highest BCUT2D eigenvalue weighted by molar-refractivity contribution is 7.09. The zero-order chi connectivity index (χ0) is 13.2. The molecule has 0 aliphatic carbocycles. The number of benzene rings is 1. The second kappa shape index (κ2) is 5.13. The second-order valence-corrected chi connectivity index (χ2v) is 5.81. The van der Waals surface area contributed by atoms with Crippen molar-refractivity contribution < 1.29 is 9.53 Å². The predicted octanol–water partition coefficient (Wildman–Crippen LogP) is 3.59. The maximum atomic E-state index is 12.2. The number of aromatic nitrogens is 1. The van der Waals surface area contributed by atoms with E-state index in [0.717, 1.165) is 22.7 Å². The van der Waals surface area contributed by atoms with Crippen molar-refractivity contribution >= 4 is 17.1 Å². The van der Waals surface area contributed by atoms with Gasteiger partial charge in [-0.05, 0) is 30.9 Å². The number of para-hydroxylation sites is 1. The number of hydrogen-bond acceptors (Lipinski definition) is 4. The molecule has 0 radical (unpaired) electrons. The Balaban J connectivity index is 1.79. The lowest BCUT2D eigenvalue weighted by atomic mass is 9.88. The van der Waals surface area contributed by atoms with Crippen LogP contribution in [0.1, 0.15) is 39.8 Å². The predicted molar refractivity (Wildman–Crippen MR) is 75.1 cm³/mol. The van der Waals surface area contributed by atoms with Crippen molar-refractivity contribution in [1.82, 2.24) is 4.98 Å². The molecule has 19 heavy (non-hydrogen) atoms. The third-order valence-corrected chi connectivity index (χ3v) is 4.19. The molecule has 0 N–H and O–H groups in total. The summed E-state index contributed by atoms with van der Waals surface area (Å²) in [4.78, 5) is 16.5. The van der Waals surface area contributed by atoms with E-state index in [0.29, 0.717) is 18.7 Å². The van der Waals surface area contributed by atoms with E-state index >= 15 is 0 Å². The summed E-state index contributed by atoms with van der Waals surface area (Å²) < 4.78 is 5.62. The van der Waals surface area contributed by atoms with Gasteiger partial charge in [-0.2, -0.15) is 0 Å². The Kier molecular flexibility index (Phi) is 3.34. The van der Waals surface area contributed by atoms with Gasteiger partial charge >= 0.3 is 0 Å². The number of aryl methyl sites for hydroxylation is 1. The molecule has 1 unspecified atom stereocenters. The molecule has 98 valence electrons. The number of Topliss-reactive ketones (excluding diaryl/α,β-unsaturated/α-hetero) is 1. The van der Waals surface area contributed by atoms with E-state index in [2.05, 4.69) is 11.1 Å². The van der Waals surface area contributed by atoms with Crippen LogP contribution in [-0.2, 0) is 0 Å². The zero-order valence-corrected chi connectivity index (χ0v) is 11.6. The minimum Gasteiger partial charge on any atom is -0.493 e. The molecule has 2 heterocycles. The molecule has 0 saturated heterocycles. The van der Waals surface area contributed by atoms with Gasteiger partial charge in [0, 0.05) is 11.8 Å². The number of carbonyl (C=O) groups is 1. The summed E-state index contributed by atoms with van der Waals surface area (Å²) in [6.45, 7) is 2.61. The molecule has 3 rings (SSSR count). The molecule has 1 aromatic carbocycles. The zero-order valence-electron chi connectivity index (χ0n) is 10.8. The smallest absolute Gasteiger partial charge is 0.182 e. The van der Waals surface area contributed by atoms with Gasteiger partial charge in [-0.25, -0.2) is 4.98 Å². The summed E-state index contributed by atoms with van der Waals surface area (Å²) in [5.74, 6) is 1.30. The lowest BCUT2D eigenvalue weighted by Crippen LogP contribution is -2.17. The van der Waals surface area contributed by atoms with Crippen LogP contribution in [-0.4, -0.2) is 17.4 Å². The summed E-state index contributed by atoms with van der Waals surface area (Å²) in [5, 5.41) is 2.79. The van der Waals surface area contributed by atoms with Gasteiger partial charge in [0.05, 0.1) is 11.6 Å². The van der Waals surface area contributed by atoms with Crippen LogP contribution in [0.15, 0.2) is 29.6 Å². The van der Waals surface area contributed by atoms with Gasteiger partial charge in [-0.3, -0.25) is 4.79 Å². The molecule has 1 aromatic heterocycles. The quantitative estimate of drug-likeness (QED) is 0.802. The molecule has 1 aliphatic rings. The molecule has 2 aromatic rings. The van der Waals surface area contributed by atoms with Crippen molar-refractivity contribution in [1.29, 1.82) is 0 Å². The summed E-state index contributed by atoms with van der Waals surface area (Å²) in [7, 11) is 0. The first-order valence-electron chi connectivity index (χ1n) is 6.41. The summed E-state index contributed by atoms with van der Waals surface area (Å²) in [6, 6.07) is 7.99. The highest BCUT2D eigenvalue weighted by Crippen LogP contribution is 2.36. The highest BCUT2D eigenvalue weighted by atomic mass is 32.1. The Morgan fingerprint density at radius 3 is 3.11 bits per heavy atom. The number of nitrogens with zero attached hydrogens (tertiary/aromatic N) is 1. The van der Waals surface area contributed by atoms with E-state index in [4.69, 9.17) is 4.74 Å². The van der Waals surface area contributed by atoms with Crippen LogP contribution in [0, 0.1) is 6.92 Å². The van der Waals surface area contributed by atoms with Crippen molar-refractivity contribution in [3.63, 3.8) is 0 Å². The average Bonchev–Trinajstić information content (AvgIpc) is 2.86. The monoisotopic (exact) mass is 273 g/mol. The third-order valence-electron chi connectivity index (χ3n) is 3.42. The van der Waals surface area contributed by atoms with E-state index in [1.54, 1.807) is 0 Å². The Morgan fingerprint density at radius 1 is 1.47 bits per heavy atom. The van der Waals surface area contributed by atoms with Gasteiger partial charge in [0.1, 0.15) is 11.4 Å². The number of ether oxygens (including phenoxy) is 1. The molecule has 0 amide bonds. The van der Waals surface area contributed by atoms with Crippen molar-refractivity contribution in [2.75, 3.05) is 6.61 Å². The molecule has 0 spiro atoms. The van der Waals surface area contributed by atoms with Crippen molar-refractivity contribution in [2.24, 2.45) is 0 Å². The van der Waals surface area contributed by atoms with Gasteiger partial charge in [-0.1, -0.05) is 18.2 Å². The Morgan fingerprint density at radius 2 is 2.32 bits per heavy atom. The molecule has 0 fully saturated rings. The number of carbonyl (C=O) groups excluding carboxylic acids is 1. The Bertz CT molecular complexity index is 606. The van der Waals surface area contributed by atoms with E-state index < -0.39 is 0 Å². The lowest BCUT2D eigenvalue weighted by molar-refractivity contribution is 0.0961. The minimum atomic E-state index is 0.131. The van der Waals surface area contributed by atoms with Crippen molar-refractivity contribution in [3.05, 3.63) is 45.9 Å². The van der Waals surface area contributed by atoms with E-state index in [-0.39, 0.29) is 11.7 Å². The van der Waals surface area contributed by atoms with E-state index in [9.17, 15) is 4.79 Å². The van der Waals surface area contributed by atoms with Gasteiger partial charge in [0.15, 0.2) is 5.78 Å². The molecular weight excluding hydrogens is 258 g/mol. The van der Waals surface area contributed by atoms with Gasteiger partial charge in [0.25, 0.3) is 0 Å². The number of rotatable bonds is 3. The van der Waals surface area contributed by atoms with Crippen LogP contribution in [0.3, 0.4) is 0 Å². The normalized spacial score (nSPS) is 17.6. The Hall–Kier alpha value is -1.68. The van der Waals surface area contributed by atoms with Crippen LogP contribution in [0.25, 0.3) is 0 Å². The molecule has 3 nitrogen and oxygen atoms in total. The fourth-order valence-electron chi connectivity index (χ4n) is 2.45. The molecule has 0 bridgehead atoms.